The Morgan fingerprint density at radius 2 is 1.70 bits per heavy atom. The zero-order valence-electron chi connectivity index (χ0n) is 17.0. The molecule has 0 fully saturated rings. The van der Waals surface area contributed by atoms with E-state index >= 15 is 0 Å². The molecule has 2 aromatic rings. The number of carbonyl (C=O) groups excluding carboxylic acids is 2. The zero-order chi connectivity index (χ0) is 20.0. The van der Waals surface area contributed by atoms with Gasteiger partial charge in [-0.2, -0.15) is 0 Å². The van der Waals surface area contributed by atoms with Crippen LogP contribution in [-0.4, -0.2) is 24.9 Å². The first-order chi connectivity index (χ1) is 12.8. The van der Waals surface area contributed by atoms with E-state index in [0.717, 1.165) is 22.5 Å². The van der Waals surface area contributed by atoms with Crippen LogP contribution in [0.4, 0.5) is 11.4 Å². The highest BCUT2D eigenvalue weighted by atomic mass is 16.2. The van der Waals surface area contributed by atoms with Crippen LogP contribution in [0.2, 0.25) is 0 Å². The lowest BCUT2D eigenvalue weighted by molar-refractivity contribution is -0.118. The maximum atomic E-state index is 12.9. The summed E-state index contributed by atoms with van der Waals surface area (Å²) in [5.41, 5.74) is 4.03. The predicted octanol–water partition coefficient (Wildman–Crippen LogP) is 4.91. The van der Waals surface area contributed by atoms with Gasteiger partial charge in [-0.05, 0) is 49.1 Å². The van der Waals surface area contributed by atoms with Crippen LogP contribution in [0, 0.1) is 6.92 Å². The van der Waals surface area contributed by atoms with Gasteiger partial charge in [0.25, 0.3) is 0 Å². The normalized spacial score (nSPS) is 10.7. The quantitative estimate of drug-likeness (QED) is 0.698. The van der Waals surface area contributed by atoms with Crippen molar-refractivity contribution in [2.45, 2.75) is 47.0 Å². The van der Waals surface area contributed by atoms with Gasteiger partial charge in [-0.3, -0.25) is 9.59 Å². The van der Waals surface area contributed by atoms with Gasteiger partial charge in [0.05, 0.1) is 0 Å². The van der Waals surface area contributed by atoms with E-state index in [2.05, 4.69) is 13.8 Å². The van der Waals surface area contributed by atoms with Crippen LogP contribution in [0.3, 0.4) is 0 Å². The second-order valence-corrected chi connectivity index (χ2v) is 7.11. The number of para-hydroxylation sites is 1. The molecule has 0 atom stereocenters. The summed E-state index contributed by atoms with van der Waals surface area (Å²) < 4.78 is 0. The van der Waals surface area contributed by atoms with Crippen molar-refractivity contribution in [2.24, 2.45) is 0 Å². The Morgan fingerprint density at radius 3 is 2.30 bits per heavy atom. The molecule has 27 heavy (non-hydrogen) atoms. The standard InChI is InChI=1S/C23H30N2O2/c1-6-24(20-11-9-10-18(4)16-20)23(27)14-15-25(19(5)26)22-13-8-7-12-21(22)17(2)3/h7-13,16-17H,6,14-15H2,1-5H3. The molecule has 0 aliphatic rings. The summed E-state index contributed by atoms with van der Waals surface area (Å²) in [6, 6.07) is 15.9. The maximum Gasteiger partial charge on any atom is 0.228 e. The van der Waals surface area contributed by atoms with Gasteiger partial charge in [0, 0.05) is 37.8 Å². The molecular formula is C23H30N2O2. The average Bonchev–Trinajstić information content (AvgIpc) is 2.62. The molecule has 0 saturated heterocycles. The van der Waals surface area contributed by atoms with E-state index in [0.29, 0.717) is 19.0 Å². The summed E-state index contributed by atoms with van der Waals surface area (Å²) in [4.78, 5) is 28.6. The van der Waals surface area contributed by atoms with Crippen LogP contribution in [-0.2, 0) is 9.59 Å². The lowest BCUT2D eigenvalue weighted by Gasteiger charge is -2.27. The highest BCUT2D eigenvalue weighted by molar-refractivity contribution is 5.96. The Kier molecular flexibility index (Phi) is 7.17. The Bertz CT molecular complexity index is 798. The number of hydrogen-bond acceptors (Lipinski definition) is 2. The van der Waals surface area contributed by atoms with Gasteiger partial charge in [0.2, 0.25) is 11.8 Å². The Hall–Kier alpha value is -2.62. The topological polar surface area (TPSA) is 40.6 Å². The van der Waals surface area contributed by atoms with Gasteiger partial charge in [-0.15, -0.1) is 0 Å². The predicted molar refractivity (Wildman–Crippen MR) is 112 cm³/mol. The van der Waals surface area contributed by atoms with Crippen molar-refractivity contribution >= 4 is 23.2 Å². The summed E-state index contributed by atoms with van der Waals surface area (Å²) >= 11 is 0. The fourth-order valence-corrected chi connectivity index (χ4v) is 3.31. The van der Waals surface area contributed by atoms with Gasteiger partial charge in [0.15, 0.2) is 0 Å². The van der Waals surface area contributed by atoms with Crippen LogP contribution in [0.15, 0.2) is 48.5 Å². The van der Waals surface area contributed by atoms with Gasteiger partial charge in [-0.25, -0.2) is 0 Å². The summed E-state index contributed by atoms with van der Waals surface area (Å²) in [6.45, 7) is 10.7. The first-order valence-electron chi connectivity index (χ1n) is 9.59. The van der Waals surface area contributed by atoms with Crippen LogP contribution >= 0.6 is 0 Å². The molecule has 0 aliphatic carbocycles. The molecule has 2 aromatic carbocycles. The molecule has 0 unspecified atom stereocenters. The highest BCUT2D eigenvalue weighted by Gasteiger charge is 2.20. The fourth-order valence-electron chi connectivity index (χ4n) is 3.31. The molecule has 0 spiro atoms. The Labute approximate surface area is 162 Å². The third-order valence-electron chi connectivity index (χ3n) is 4.71. The van der Waals surface area contributed by atoms with E-state index in [1.54, 1.807) is 16.7 Å². The van der Waals surface area contributed by atoms with Crippen molar-refractivity contribution in [1.82, 2.24) is 0 Å². The fraction of sp³-hybridized carbons (Fsp3) is 0.391. The van der Waals surface area contributed by atoms with Crippen LogP contribution in [0.5, 0.6) is 0 Å². The van der Waals surface area contributed by atoms with E-state index < -0.39 is 0 Å². The van der Waals surface area contributed by atoms with Crippen LogP contribution < -0.4 is 9.80 Å². The van der Waals surface area contributed by atoms with Crippen molar-refractivity contribution in [3.63, 3.8) is 0 Å². The lowest BCUT2D eigenvalue weighted by atomic mass is 10.00. The smallest absolute Gasteiger partial charge is 0.228 e. The van der Waals surface area contributed by atoms with Gasteiger partial charge in [-0.1, -0.05) is 44.2 Å². The second-order valence-electron chi connectivity index (χ2n) is 7.11. The number of benzene rings is 2. The minimum atomic E-state index is -0.0468. The SMILES string of the molecule is CCN(C(=O)CCN(C(C)=O)c1ccccc1C(C)C)c1cccc(C)c1. The largest absolute Gasteiger partial charge is 0.313 e. The molecular weight excluding hydrogens is 336 g/mol. The van der Waals surface area contributed by atoms with Gasteiger partial charge in [0.1, 0.15) is 0 Å². The van der Waals surface area contributed by atoms with Crippen LogP contribution in [0.25, 0.3) is 0 Å². The number of amides is 2. The van der Waals surface area contributed by atoms with Crippen molar-refractivity contribution in [2.75, 3.05) is 22.9 Å². The summed E-state index contributed by atoms with van der Waals surface area (Å²) in [7, 11) is 0. The third-order valence-corrected chi connectivity index (χ3v) is 4.71. The molecule has 0 saturated carbocycles. The maximum absolute atomic E-state index is 12.9. The second kappa shape index (κ2) is 9.36. The number of nitrogens with zero attached hydrogens (tertiary/aromatic N) is 2. The summed E-state index contributed by atoms with van der Waals surface area (Å²) in [5, 5.41) is 0. The Balaban J connectivity index is 2.18. The van der Waals surface area contributed by atoms with E-state index in [4.69, 9.17) is 0 Å². The van der Waals surface area contributed by atoms with Crippen LogP contribution in [0.1, 0.15) is 51.2 Å². The minimum absolute atomic E-state index is 0.0244. The van der Waals surface area contributed by atoms with Gasteiger partial charge >= 0.3 is 0 Å². The average molecular weight is 367 g/mol. The molecule has 4 nitrogen and oxygen atoms in total. The minimum Gasteiger partial charge on any atom is -0.313 e. The highest BCUT2D eigenvalue weighted by Crippen LogP contribution is 2.28. The van der Waals surface area contributed by atoms with Gasteiger partial charge < -0.3 is 9.80 Å². The third kappa shape index (κ3) is 5.19. The molecule has 2 rings (SSSR count). The molecule has 0 aromatic heterocycles. The zero-order valence-corrected chi connectivity index (χ0v) is 17.0. The first kappa shape index (κ1) is 20.7. The van der Waals surface area contributed by atoms with Crippen molar-refractivity contribution < 1.29 is 9.59 Å². The Morgan fingerprint density at radius 1 is 1.00 bits per heavy atom. The van der Waals surface area contributed by atoms with E-state index in [1.807, 2.05) is 62.4 Å². The van der Waals surface area contributed by atoms with E-state index in [9.17, 15) is 9.59 Å². The molecule has 0 radical (unpaired) electrons. The number of rotatable bonds is 7. The molecule has 0 bridgehead atoms. The van der Waals surface area contributed by atoms with Crippen molar-refractivity contribution in [1.29, 1.82) is 0 Å². The summed E-state index contributed by atoms with van der Waals surface area (Å²) in [5.74, 6) is 0.282. The molecule has 2 amide bonds. The molecule has 4 heteroatoms. The number of aryl methyl sites for hydroxylation is 1. The lowest BCUT2D eigenvalue weighted by Crippen LogP contribution is -2.36. The number of carbonyl (C=O) groups is 2. The van der Waals surface area contributed by atoms with E-state index in [-0.39, 0.29) is 18.2 Å². The molecule has 0 N–H and O–H groups in total. The van der Waals surface area contributed by atoms with Crippen molar-refractivity contribution in [3.8, 4) is 0 Å². The monoisotopic (exact) mass is 366 g/mol. The molecule has 0 heterocycles. The molecule has 144 valence electrons. The number of hydrogen-bond donors (Lipinski definition) is 0. The van der Waals surface area contributed by atoms with Crippen molar-refractivity contribution in [3.05, 3.63) is 59.7 Å². The van der Waals surface area contributed by atoms with E-state index in [1.165, 1.54) is 0 Å². The molecule has 0 aliphatic heterocycles. The number of anilines is 2. The summed E-state index contributed by atoms with van der Waals surface area (Å²) in [6.07, 6.45) is 0.286. The first-order valence-corrected chi connectivity index (χ1v) is 9.59.